The number of nitriles is 1. The van der Waals surface area contributed by atoms with E-state index in [0.29, 0.717) is 25.9 Å². The molecular formula is C19H20ClFN2O2. The first-order chi connectivity index (χ1) is 12.2. The van der Waals surface area contributed by atoms with Crippen LogP contribution in [-0.2, 0) is 0 Å². The molecule has 132 valence electrons. The van der Waals surface area contributed by atoms with Crippen LogP contribution >= 0.6 is 11.6 Å². The van der Waals surface area contributed by atoms with Gasteiger partial charge in [0.05, 0.1) is 10.6 Å². The van der Waals surface area contributed by atoms with Crippen LogP contribution in [0.4, 0.5) is 4.39 Å². The van der Waals surface area contributed by atoms with E-state index in [1.54, 1.807) is 0 Å². The van der Waals surface area contributed by atoms with Crippen LogP contribution in [0.15, 0.2) is 42.5 Å². The molecule has 0 amide bonds. The van der Waals surface area contributed by atoms with Gasteiger partial charge in [-0.05, 0) is 31.1 Å². The fourth-order valence-corrected chi connectivity index (χ4v) is 2.54. The Balaban J connectivity index is 2.16. The Morgan fingerprint density at radius 3 is 2.68 bits per heavy atom. The average molecular weight is 363 g/mol. The summed E-state index contributed by atoms with van der Waals surface area (Å²) in [5.41, 5.74) is 1.06. The molecule has 2 aromatic rings. The molecule has 0 heterocycles. The highest BCUT2D eigenvalue weighted by atomic mass is 35.5. The third-order valence-electron chi connectivity index (χ3n) is 3.68. The predicted octanol–water partition coefficient (Wildman–Crippen LogP) is 3.83. The Labute approximate surface area is 151 Å². The van der Waals surface area contributed by atoms with E-state index in [2.05, 4.69) is 5.32 Å². The van der Waals surface area contributed by atoms with Crippen molar-refractivity contribution in [1.29, 1.82) is 5.26 Å². The molecular weight excluding hydrogens is 343 g/mol. The van der Waals surface area contributed by atoms with Crippen molar-refractivity contribution in [2.75, 3.05) is 19.7 Å². The fraction of sp³-hybridized carbons (Fsp3) is 0.316. The second kappa shape index (κ2) is 10.00. The predicted molar refractivity (Wildman–Crippen MR) is 95.1 cm³/mol. The zero-order valence-corrected chi connectivity index (χ0v) is 14.5. The summed E-state index contributed by atoms with van der Waals surface area (Å²) >= 11 is 5.83. The van der Waals surface area contributed by atoms with Gasteiger partial charge in [-0.2, -0.15) is 5.26 Å². The normalized spacial score (nSPS) is 11.8. The first-order valence-electron chi connectivity index (χ1n) is 8.08. The number of aliphatic hydroxyl groups excluding tert-OH is 1. The van der Waals surface area contributed by atoms with Crippen LogP contribution in [0.25, 0.3) is 0 Å². The molecule has 1 atom stereocenters. The Hall–Kier alpha value is -2.13. The van der Waals surface area contributed by atoms with Gasteiger partial charge in [-0.25, -0.2) is 4.39 Å². The lowest BCUT2D eigenvalue weighted by Crippen LogP contribution is -2.21. The lowest BCUT2D eigenvalue weighted by atomic mass is 10.1. The van der Waals surface area contributed by atoms with Crippen molar-refractivity contribution >= 4 is 11.6 Å². The van der Waals surface area contributed by atoms with Crippen LogP contribution in [0.2, 0.25) is 5.02 Å². The highest BCUT2D eigenvalue weighted by Crippen LogP contribution is 2.31. The van der Waals surface area contributed by atoms with Crippen LogP contribution in [0, 0.1) is 17.1 Å². The number of ether oxygens (including phenoxy) is 1. The molecule has 0 aliphatic rings. The molecule has 4 nitrogen and oxygen atoms in total. The van der Waals surface area contributed by atoms with Gasteiger partial charge >= 0.3 is 0 Å². The van der Waals surface area contributed by atoms with Crippen molar-refractivity contribution in [2.45, 2.75) is 18.9 Å². The molecule has 0 saturated heterocycles. The Morgan fingerprint density at radius 2 is 2.00 bits per heavy atom. The molecule has 2 N–H and O–H groups in total. The summed E-state index contributed by atoms with van der Waals surface area (Å²) in [7, 11) is 0. The maximum atomic E-state index is 13.6. The molecule has 1 unspecified atom stereocenters. The third kappa shape index (κ3) is 5.71. The first kappa shape index (κ1) is 19.2. The van der Waals surface area contributed by atoms with Crippen LogP contribution in [0.3, 0.4) is 0 Å². The second-order valence-corrected chi connectivity index (χ2v) is 5.91. The average Bonchev–Trinajstić information content (AvgIpc) is 2.64. The highest BCUT2D eigenvalue weighted by molar-refractivity contribution is 6.30. The van der Waals surface area contributed by atoms with E-state index in [1.165, 1.54) is 6.07 Å². The van der Waals surface area contributed by atoms with Gasteiger partial charge in [0, 0.05) is 19.1 Å². The van der Waals surface area contributed by atoms with Crippen LogP contribution in [0.5, 0.6) is 5.75 Å². The number of benzene rings is 2. The van der Waals surface area contributed by atoms with Crippen LogP contribution in [0.1, 0.15) is 30.1 Å². The minimum Gasteiger partial charge on any atom is -0.484 e. The minimum atomic E-state index is -0.646. The Bertz CT molecular complexity index is 719. The summed E-state index contributed by atoms with van der Waals surface area (Å²) in [6, 6.07) is 14.0. The number of hydrogen-bond acceptors (Lipinski definition) is 4. The van der Waals surface area contributed by atoms with E-state index in [0.717, 1.165) is 11.6 Å². The molecule has 0 aliphatic carbocycles. The highest BCUT2D eigenvalue weighted by Gasteiger charge is 2.17. The molecule has 2 rings (SSSR count). The second-order valence-electron chi connectivity index (χ2n) is 5.51. The number of aliphatic hydroxyl groups is 1. The van der Waals surface area contributed by atoms with Crippen molar-refractivity contribution in [3.05, 3.63) is 64.4 Å². The number of hydrogen-bond donors (Lipinski definition) is 2. The summed E-state index contributed by atoms with van der Waals surface area (Å²) in [5.74, 6) is -0.384. The van der Waals surface area contributed by atoms with Gasteiger partial charge in [-0.3, -0.25) is 0 Å². The summed E-state index contributed by atoms with van der Waals surface area (Å²) in [5, 5.41) is 21.2. The maximum absolute atomic E-state index is 13.6. The van der Waals surface area contributed by atoms with Crippen molar-refractivity contribution in [2.24, 2.45) is 0 Å². The van der Waals surface area contributed by atoms with Crippen molar-refractivity contribution in [1.82, 2.24) is 5.32 Å². The number of nitrogens with one attached hydrogen (secondary N) is 1. The summed E-state index contributed by atoms with van der Waals surface area (Å²) in [6.45, 7) is 1.53. The van der Waals surface area contributed by atoms with Crippen molar-refractivity contribution < 1.29 is 14.2 Å². The van der Waals surface area contributed by atoms with E-state index in [1.807, 2.05) is 36.4 Å². The Kier molecular flexibility index (Phi) is 7.68. The number of rotatable bonds is 9. The van der Waals surface area contributed by atoms with Crippen LogP contribution < -0.4 is 10.1 Å². The fourth-order valence-electron chi connectivity index (χ4n) is 2.39. The van der Waals surface area contributed by atoms with Gasteiger partial charge in [0.1, 0.15) is 23.7 Å². The van der Waals surface area contributed by atoms with Gasteiger partial charge in [0.25, 0.3) is 0 Å². The van der Waals surface area contributed by atoms with Crippen molar-refractivity contribution in [3.8, 4) is 11.8 Å². The molecule has 0 bridgehead atoms. The van der Waals surface area contributed by atoms with Crippen molar-refractivity contribution in [3.63, 3.8) is 0 Å². The molecule has 0 radical (unpaired) electrons. The quantitative estimate of drug-likeness (QED) is 0.665. The maximum Gasteiger partial charge on any atom is 0.143 e. The lowest BCUT2D eigenvalue weighted by molar-refractivity contribution is 0.192. The Morgan fingerprint density at radius 1 is 1.24 bits per heavy atom. The van der Waals surface area contributed by atoms with Gasteiger partial charge < -0.3 is 15.2 Å². The zero-order valence-electron chi connectivity index (χ0n) is 13.7. The summed E-state index contributed by atoms with van der Waals surface area (Å²) in [6.07, 6.45) is 1.02. The van der Waals surface area contributed by atoms with Gasteiger partial charge in [0.15, 0.2) is 0 Å². The minimum absolute atomic E-state index is 0.0816. The molecule has 0 spiro atoms. The largest absolute Gasteiger partial charge is 0.484 e. The summed E-state index contributed by atoms with van der Waals surface area (Å²) in [4.78, 5) is 0. The number of nitrogens with zero attached hydrogens (tertiary/aromatic N) is 1. The lowest BCUT2D eigenvalue weighted by Gasteiger charge is -2.21. The smallest absolute Gasteiger partial charge is 0.143 e. The van der Waals surface area contributed by atoms with E-state index in [-0.39, 0.29) is 29.0 Å². The van der Waals surface area contributed by atoms with Gasteiger partial charge in [-0.15, -0.1) is 0 Å². The summed E-state index contributed by atoms with van der Waals surface area (Å²) < 4.78 is 19.6. The van der Waals surface area contributed by atoms with E-state index < -0.39 is 5.82 Å². The number of halogens is 2. The molecule has 25 heavy (non-hydrogen) atoms. The van der Waals surface area contributed by atoms with Gasteiger partial charge in [0.2, 0.25) is 0 Å². The molecule has 6 heteroatoms. The van der Waals surface area contributed by atoms with E-state index in [4.69, 9.17) is 21.4 Å². The van der Waals surface area contributed by atoms with E-state index >= 15 is 0 Å². The standard InChI is InChI=1S/C19H20ClFN2O2/c20-16-12-19(15(13-22)11-17(16)21)25-18(7-9-23-8-4-10-24)14-5-2-1-3-6-14/h1-3,5-6,11-12,18,23-24H,4,7-10H2. The molecule has 0 aliphatic heterocycles. The topological polar surface area (TPSA) is 65.3 Å². The SMILES string of the molecule is N#Cc1cc(F)c(Cl)cc1OC(CCNCCCO)c1ccccc1. The molecule has 2 aromatic carbocycles. The van der Waals surface area contributed by atoms with Gasteiger partial charge in [-0.1, -0.05) is 41.9 Å². The van der Waals surface area contributed by atoms with Crippen LogP contribution in [-0.4, -0.2) is 24.8 Å². The molecule has 0 aromatic heterocycles. The first-order valence-corrected chi connectivity index (χ1v) is 8.46. The monoisotopic (exact) mass is 362 g/mol. The third-order valence-corrected chi connectivity index (χ3v) is 3.97. The van der Waals surface area contributed by atoms with E-state index in [9.17, 15) is 9.65 Å². The molecule has 0 saturated carbocycles. The molecule has 0 fully saturated rings. The zero-order chi connectivity index (χ0) is 18.1.